The molecular weight excluding hydrogens is 318 g/mol. The monoisotopic (exact) mass is 341 g/mol. The topological polar surface area (TPSA) is 78.5 Å². The number of hydrogen-bond acceptors (Lipinski definition) is 5. The van der Waals surface area contributed by atoms with Gasteiger partial charge in [0.15, 0.2) is 0 Å². The summed E-state index contributed by atoms with van der Waals surface area (Å²) in [6.45, 7) is 5.42. The molecule has 1 aromatic heterocycles. The van der Waals surface area contributed by atoms with E-state index in [2.05, 4.69) is 25.8 Å². The van der Waals surface area contributed by atoms with Gasteiger partial charge in [0.25, 0.3) is 0 Å². The van der Waals surface area contributed by atoms with Crippen LogP contribution in [0.5, 0.6) is 0 Å². The van der Waals surface area contributed by atoms with Crippen LogP contribution in [0.15, 0.2) is 48.7 Å². The summed E-state index contributed by atoms with van der Waals surface area (Å²) in [4.78, 5) is 18.5. The fraction of sp³-hybridized carbons (Fsp3) is 0.333. The van der Waals surface area contributed by atoms with Gasteiger partial charge in [0.2, 0.25) is 0 Å². The van der Waals surface area contributed by atoms with Crippen molar-refractivity contribution in [2.24, 2.45) is 0 Å². The first-order valence-corrected chi connectivity index (χ1v) is 8.43. The number of rotatable bonds is 6. The number of amides is 2. The van der Waals surface area contributed by atoms with E-state index in [9.17, 15) is 4.79 Å². The predicted octanol–water partition coefficient (Wildman–Crippen LogP) is 2.47. The minimum atomic E-state index is -0.313. The second kappa shape index (κ2) is 9.00. The van der Waals surface area contributed by atoms with Crippen LogP contribution in [0.4, 0.5) is 22.0 Å². The summed E-state index contributed by atoms with van der Waals surface area (Å²) in [5.41, 5.74) is 1.67. The smallest absolute Gasteiger partial charge is 0.324 e. The fourth-order valence-electron chi connectivity index (χ4n) is 2.56. The van der Waals surface area contributed by atoms with E-state index >= 15 is 0 Å². The molecule has 1 aliphatic rings. The number of morpholine rings is 1. The van der Waals surface area contributed by atoms with Crippen molar-refractivity contribution in [3.63, 3.8) is 0 Å². The molecular formula is C18H23N5O2. The summed E-state index contributed by atoms with van der Waals surface area (Å²) in [5.74, 6) is 0.507. The van der Waals surface area contributed by atoms with E-state index in [0.29, 0.717) is 5.82 Å². The molecule has 0 unspecified atom stereocenters. The normalized spacial score (nSPS) is 14.7. The number of para-hydroxylation sites is 1. The third-order valence-electron chi connectivity index (χ3n) is 3.90. The zero-order chi connectivity index (χ0) is 17.3. The molecule has 2 amide bonds. The van der Waals surface area contributed by atoms with Crippen LogP contribution < -0.4 is 16.0 Å². The van der Waals surface area contributed by atoms with E-state index in [0.717, 1.165) is 50.8 Å². The van der Waals surface area contributed by atoms with E-state index in [4.69, 9.17) is 4.74 Å². The summed E-state index contributed by atoms with van der Waals surface area (Å²) in [5, 5.41) is 8.81. The number of carbonyl (C=O) groups is 1. The maximum Gasteiger partial charge on any atom is 0.324 e. The van der Waals surface area contributed by atoms with Crippen molar-refractivity contribution in [3.8, 4) is 0 Å². The summed E-state index contributed by atoms with van der Waals surface area (Å²) in [6, 6.07) is 12.7. The molecule has 132 valence electrons. The van der Waals surface area contributed by atoms with E-state index in [1.54, 1.807) is 12.3 Å². The highest BCUT2D eigenvalue weighted by atomic mass is 16.5. The average Bonchev–Trinajstić information content (AvgIpc) is 2.65. The van der Waals surface area contributed by atoms with Crippen molar-refractivity contribution in [2.75, 3.05) is 55.3 Å². The molecule has 2 aromatic rings. The number of nitrogens with one attached hydrogen (secondary N) is 3. The van der Waals surface area contributed by atoms with Crippen LogP contribution in [0.2, 0.25) is 0 Å². The van der Waals surface area contributed by atoms with E-state index < -0.39 is 0 Å². The third-order valence-corrected chi connectivity index (χ3v) is 3.90. The quantitative estimate of drug-likeness (QED) is 0.752. The van der Waals surface area contributed by atoms with Gasteiger partial charge in [-0.25, -0.2) is 9.78 Å². The van der Waals surface area contributed by atoms with Gasteiger partial charge in [0.05, 0.1) is 25.1 Å². The highest BCUT2D eigenvalue weighted by molar-refractivity contribution is 5.99. The minimum Gasteiger partial charge on any atom is -0.383 e. The maximum absolute atomic E-state index is 11.9. The van der Waals surface area contributed by atoms with Crippen LogP contribution in [-0.2, 0) is 4.74 Å². The lowest BCUT2D eigenvalue weighted by molar-refractivity contribution is 0.0398. The molecule has 0 atom stereocenters. The van der Waals surface area contributed by atoms with Gasteiger partial charge in [-0.1, -0.05) is 18.2 Å². The molecule has 7 heteroatoms. The van der Waals surface area contributed by atoms with E-state index in [1.807, 2.05) is 36.4 Å². The third kappa shape index (κ3) is 5.74. The second-order valence-electron chi connectivity index (χ2n) is 5.76. The number of nitrogens with zero attached hydrogens (tertiary/aromatic N) is 2. The predicted molar refractivity (Wildman–Crippen MR) is 99.1 cm³/mol. The number of carbonyl (C=O) groups excluding carboxylic acids is 1. The number of ether oxygens (including phenoxy) is 1. The molecule has 0 aliphatic carbocycles. The van der Waals surface area contributed by atoms with Crippen LogP contribution in [0, 0.1) is 0 Å². The van der Waals surface area contributed by atoms with Crippen molar-refractivity contribution in [3.05, 3.63) is 48.7 Å². The summed E-state index contributed by atoms with van der Waals surface area (Å²) in [7, 11) is 0. The Labute approximate surface area is 147 Å². The maximum atomic E-state index is 11.9. The molecule has 25 heavy (non-hydrogen) atoms. The standard InChI is InChI=1S/C18H23N5O2/c24-18(21-15-4-2-1-3-5-15)22-17-7-6-16(14-20-17)19-8-9-23-10-12-25-13-11-23/h1-7,14,19H,8-13H2,(H2,20,21,22,24). The highest BCUT2D eigenvalue weighted by Crippen LogP contribution is 2.11. The van der Waals surface area contributed by atoms with Crippen LogP contribution in [-0.4, -0.2) is 55.3 Å². The summed E-state index contributed by atoms with van der Waals surface area (Å²) < 4.78 is 5.33. The fourth-order valence-corrected chi connectivity index (χ4v) is 2.56. The molecule has 0 bridgehead atoms. The van der Waals surface area contributed by atoms with Gasteiger partial charge in [-0.05, 0) is 24.3 Å². The zero-order valence-electron chi connectivity index (χ0n) is 14.1. The van der Waals surface area contributed by atoms with Crippen molar-refractivity contribution in [2.45, 2.75) is 0 Å². The number of hydrogen-bond donors (Lipinski definition) is 3. The van der Waals surface area contributed by atoms with Crippen molar-refractivity contribution in [1.82, 2.24) is 9.88 Å². The molecule has 0 spiro atoms. The van der Waals surface area contributed by atoms with Crippen LogP contribution in [0.25, 0.3) is 0 Å². The first kappa shape index (κ1) is 17.2. The number of urea groups is 1. The van der Waals surface area contributed by atoms with Crippen molar-refractivity contribution < 1.29 is 9.53 Å². The molecule has 1 aliphatic heterocycles. The Morgan fingerprint density at radius 3 is 2.56 bits per heavy atom. The lowest BCUT2D eigenvalue weighted by Crippen LogP contribution is -2.39. The number of anilines is 3. The lowest BCUT2D eigenvalue weighted by Gasteiger charge is -2.26. The zero-order valence-corrected chi connectivity index (χ0v) is 14.1. The van der Waals surface area contributed by atoms with Crippen molar-refractivity contribution >= 4 is 23.2 Å². The second-order valence-corrected chi connectivity index (χ2v) is 5.76. The number of aromatic nitrogens is 1. The lowest BCUT2D eigenvalue weighted by atomic mass is 10.3. The number of benzene rings is 1. The van der Waals surface area contributed by atoms with Crippen LogP contribution in [0.1, 0.15) is 0 Å². The molecule has 7 nitrogen and oxygen atoms in total. The van der Waals surface area contributed by atoms with Gasteiger partial charge < -0.3 is 15.4 Å². The highest BCUT2D eigenvalue weighted by Gasteiger charge is 2.09. The van der Waals surface area contributed by atoms with Gasteiger partial charge in [-0.3, -0.25) is 10.2 Å². The van der Waals surface area contributed by atoms with Gasteiger partial charge in [-0.2, -0.15) is 0 Å². The Balaban J connectivity index is 1.41. The Bertz CT molecular complexity index is 657. The SMILES string of the molecule is O=C(Nc1ccccc1)Nc1ccc(NCCN2CCOCC2)cn1. The largest absolute Gasteiger partial charge is 0.383 e. The molecule has 1 aromatic carbocycles. The summed E-state index contributed by atoms with van der Waals surface area (Å²) >= 11 is 0. The molecule has 0 radical (unpaired) electrons. The minimum absolute atomic E-state index is 0.313. The molecule has 1 fully saturated rings. The van der Waals surface area contributed by atoms with Crippen molar-refractivity contribution in [1.29, 1.82) is 0 Å². The van der Waals surface area contributed by atoms with Gasteiger partial charge in [-0.15, -0.1) is 0 Å². The molecule has 3 rings (SSSR count). The van der Waals surface area contributed by atoms with Crippen LogP contribution >= 0.6 is 0 Å². The molecule has 1 saturated heterocycles. The van der Waals surface area contributed by atoms with Gasteiger partial charge in [0, 0.05) is 31.9 Å². The van der Waals surface area contributed by atoms with E-state index in [-0.39, 0.29) is 6.03 Å². The number of pyridine rings is 1. The van der Waals surface area contributed by atoms with Crippen LogP contribution in [0.3, 0.4) is 0 Å². The molecule has 3 N–H and O–H groups in total. The Morgan fingerprint density at radius 2 is 1.84 bits per heavy atom. The first-order valence-electron chi connectivity index (χ1n) is 8.43. The average molecular weight is 341 g/mol. The summed E-state index contributed by atoms with van der Waals surface area (Å²) in [6.07, 6.45) is 1.72. The van der Waals surface area contributed by atoms with Gasteiger partial charge in [0.1, 0.15) is 5.82 Å². The van der Waals surface area contributed by atoms with Gasteiger partial charge >= 0.3 is 6.03 Å². The molecule has 0 saturated carbocycles. The van der Waals surface area contributed by atoms with E-state index in [1.165, 1.54) is 0 Å². The Morgan fingerprint density at radius 1 is 1.04 bits per heavy atom. The first-order chi connectivity index (χ1) is 12.3. The Hall–Kier alpha value is -2.64. The Kier molecular flexibility index (Phi) is 6.19. The molecule has 2 heterocycles.